The van der Waals surface area contributed by atoms with Gasteiger partial charge >= 0.3 is 5.97 Å². The van der Waals surface area contributed by atoms with Crippen molar-refractivity contribution in [3.63, 3.8) is 0 Å². The second-order valence-corrected chi connectivity index (χ2v) is 5.71. The van der Waals surface area contributed by atoms with Crippen LogP contribution in [0.5, 0.6) is 0 Å². The number of aromatic nitrogens is 1. The van der Waals surface area contributed by atoms with E-state index in [1.54, 1.807) is 12.1 Å². The maximum atomic E-state index is 11.2. The summed E-state index contributed by atoms with van der Waals surface area (Å²) in [6.45, 7) is 5.89. The molecule has 5 heteroatoms. The zero-order valence-electron chi connectivity index (χ0n) is 12.0. The summed E-state index contributed by atoms with van der Waals surface area (Å²) in [7, 11) is 0. The normalized spacial score (nSPS) is 16.7. The fourth-order valence-corrected chi connectivity index (χ4v) is 2.46. The third kappa shape index (κ3) is 3.28. The molecule has 0 saturated carbocycles. The van der Waals surface area contributed by atoms with Crippen LogP contribution in [0.1, 0.15) is 48.7 Å². The molecular weight excluding hydrogens is 256 g/mol. The van der Waals surface area contributed by atoms with E-state index in [0.29, 0.717) is 11.5 Å². The lowest BCUT2D eigenvalue weighted by atomic mass is 9.97. The molecule has 0 bridgehead atoms. The van der Waals surface area contributed by atoms with Crippen LogP contribution in [-0.4, -0.2) is 40.9 Å². The molecule has 0 unspecified atom stereocenters. The molecule has 110 valence electrons. The van der Waals surface area contributed by atoms with E-state index >= 15 is 0 Å². The number of anilines is 1. The third-order valence-corrected chi connectivity index (χ3v) is 3.87. The average molecular weight is 278 g/mol. The van der Waals surface area contributed by atoms with Gasteiger partial charge in [-0.2, -0.15) is 0 Å². The summed E-state index contributed by atoms with van der Waals surface area (Å²) < 4.78 is 0. The second kappa shape index (κ2) is 6.22. The Hall–Kier alpha value is -1.62. The predicted octanol–water partition coefficient (Wildman–Crippen LogP) is 2.11. The van der Waals surface area contributed by atoms with Crippen LogP contribution in [0, 0.1) is 5.92 Å². The van der Waals surface area contributed by atoms with E-state index < -0.39 is 5.97 Å². The maximum Gasteiger partial charge on any atom is 0.335 e. The van der Waals surface area contributed by atoms with Gasteiger partial charge in [-0.1, -0.05) is 13.8 Å². The minimum Gasteiger partial charge on any atom is -0.478 e. The first-order chi connectivity index (χ1) is 9.51. The van der Waals surface area contributed by atoms with Crippen molar-refractivity contribution in [1.82, 2.24) is 4.98 Å². The van der Waals surface area contributed by atoms with E-state index in [0.717, 1.165) is 37.4 Å². The van der Waals surface area contributed by atoms with Crippen LogP contribution in [0.15, 0.2) is 12.1 Å². The number of carbonyl (C=O) groups is 1. The third-order valence-electron chi connectivity index (χ3n) is 3.87. The first-order valence-electron chi connectivity index (χ1n) is 7.12. The average Bonchev–Trinajstić information content (AvgIpc) is 2.46. The van der Waals surface area contributed by atoms with Crippen molar-refractivity contribution in [2.24, 2.45) is 5.92 Å². The van der Waals surface area contributed by atoms with E-state index in [2.05, 4.69) is 9.88 Å². The highest BCUT2D eigenvalue weighted by Crippen LogP contribution is 2.25. The van der Waals surface area contributed by atoms with E-state index in [4.69, 9.17) is 5.11 Å². The number of hydrogen-bond donors (Lipinski definition) is 2. The van der Waals surface area contributed by atoms with E-state index in [-0.39, 0.29) is 12.5 Å². The Morgan fingerprint density at radius 3 is 2.55 bits per heavy atom. The SMILES string of the molecule is CC(C)c1cc(C(=O)O)cc(N2CCC(CO)CC2)n1. The van der Waals surface area contributed by atoms with E-state index in [1.807, 2.05) is 13.8 Å². The molecule has 1 aromatic heterocycles. The predicted molar refractivity (Wildman–Crippen MR) is 77.3 cm³/mol. The molecule has 0 radical (unpaired) electrons. The summed E-state index contributed by atoms with van der Waals surface area (Å²) in [5, 5.41) is 18.4. The number of aliphatic hydroxyl groups excluding tert-OH is 1. The molecule has 0 amide bonds. The van der Waals surface area contributed by atoms with Gasteiger partial charge in [0.1, 0.15) is 5.82 Å². The molecule has 1 aliphatic rings. The molecular formula is C15H22N2O3. The zero-order chi connectivity index (χ0) is 14.7. The van der Waals surface area contributed by atoms with Gasteiger partial charge < -0.3 is 15.1 Å². The second-order valence-electron chi connectivity index (χ2n) is 5.71. The van der Waals surface area contributed by atoms with Crippen molar-refractivity contribution in [3.05, 3.63) is 23.4 Å². The van der Waals surface area contributed by atoms with Crippen LogP contribution in [-0.2, 0) is 0 Å². The van der Waals surface area contributed by atoms with Gasteiger partial charge in [-0.15, -0.1) is 0 Å². The summed E-state index contributed by atoms with van der Waals surface area (Å²) in [4.78, 5) is 17.9. The topological polar surface area (TPSA) is 73.7 Å². The van der Waals surface area contributed by atoms with Crippen LogP contribution in [0.25, 0.3) is 0 Å². The number of carboxylic acids is 1. The molecule has 0 atom stereocenters. The van der Waals surface area contributed by atoms with Crippen molar-refractivity contribution in [3.8, 4) is 0 Å². The quantitative estimate of drug-likeness (QED) is 0.882. The monoisotopic (exact) mass is 278 g/mol. The number of nitrogens with zero attached hydrogens (tertiary/aromatic N) is 2. The first-order valence-corrected chi connectivity index (χ1v) is 7.12. The van der Waals surface area contributed by atoms with Crippen molar-refractivity contribution in [2.75, 3.05) is 24.6 Å². The summed E-state index contributed by atoms with van der Waals surface area (Å²) in [5.41, 5.74) is 1.10. The van der Waals surface area contributed by atoms with Gasteiger partial charge in [-0.25, -0.2) is 9.78 Å². The van der Waals surface area contributed by atoms with Gasteiger partial charge in [-0.3, -0.25) is 0 Å². The van der Waals surface area contributed by atoms with Crippen molar-refractivity contribution < 1.29 is 15.0 Å². The van der Waals surface area contributed by atoms with Crippen LogP contribution in [0.2, 0.25) is 0 Å². The molecule has 0 spiro atoms. The van der Waals surface area contributed by atoms with Crippen LogP contribution in [0.4, 0.5) is 5.82 Å². The van der Waals surface area contributed by atoms with Gasteiger partial charge in [0.05, 0.1) is 5.56 Å². The number of piperidine rings is 1. The van der Waals surface area contributed by atoms with Crippen LogP contribution < -0.4 is 4.90 Å². The molecule has 0 aliphatic carbocycles. The Labute approximate surface area is 119 Å². The van der Waals surface area contributed by atoms with Crippen molar-refractivity contribution >= 4 is 11.8 Å². The fourth-order valence-electron chi connectivity index (χ4n) is 2.46. The Morgan fingerprint density at radius 2 is 2.05 bits per heavy atom. The number of hydrogen-bond acceptors (Lipinski definition) is 4. The van der Waals surface area contributed by atoms with Crippen LogP contribution in [0.3, 0.4) is 0 Å². The molecule has 5 nitrogen and oxygen atoms in total. The van der Waals surface area contributed by atoms with E-state index in [1.165, 1.54) is 0 Å². The number of carboxylic acid groups (broad SMARTS) is 1. The Morgan fingerprint density at radius 1 is 1.40 bits per heavy atom. The summed E-state index contributed by atoms with van der Waals surface area (Å²) >= 11 is 0. The first kappa shape index (κ1) is 14.8. The molecule has 20 heavy (non-hydrogen) atoms. The summed E-state index contributed by atoms with van der Waals surface area (Å²) in [6, 6.07) is 3.30. The highest BCUT2D eigenvalue weighted by molar-refractivity contribution is 5.88. The zero-order valence-corrected chi connectivity index (χ0v) is 12.0. The number of aromatic carboxylic acids is 1. The number of aliphatic hydroxyl groups is 1. The maximum absolute atomic E-state index is 11.2. The smallest absolute Gasteiger partial charge is 0.335 e. The lowest BCUT2D eigenvalue weighted by molar-refractivity contribution is 0.0696. The molecule has 2 rings (SSSR count). The van der Waals surface area contributed by atoms with Gasteiger partial charge in [0.25, 0.3) is 0 Å². The molecule has 1 aromatic rings. The largest absolute Gasteiger partial charge is 0.478 e. The highest BCUT2D eigenvalue weighted by Gasteiger charge is 2.21. The van der Waals surface area contributed by atoms with Crippen LogP contribution >= 0.6 is 0 Å². The van der Waals surface area contributed by atoms with Crippen molar-refractivity contribution in [1.29, 1.82) is 0 Å². The molecule has 1 fully saturated rings. The van der Waals surface area contributed by atoms with Gasteiger partial charge in [0.15, 0.2) is 0 Å². The van der Waals surface area contributed by atoms with Crippen molar-refractivity contribution in [2.45, 2.75) is 32.6 Å². The summed E-state index contributed by atoms with van der Waals surface area (Å²) in [6.07, 6.45) is 1.85. The van der Waals surface area contributed by atoms with E-state index in [9.17, 15) is 9.90 Å². The Bertz CT molecular complexity index is 480. The molecule has 1 aliphatic heterocycles. The fraction of sp³-hybridized carbons (Fsp3) is 0.600. The number of rotatable bonds is 4. The standard InChI is InChI=1S/C15H22N2O3/c1-10(2)13-7-12(15(19)20)8-14(16-13)17-5-3-11(9-18)4-6-17/h7-8,10-11,18H,3-6,9H2,1-2H3,(H,19,20). The molecule has 2 heterocycles. The van der Waals surface area contributed by atoms with Gasteiger partial charge in [-0.05, 0) is 36.8 Å². The van der Waals surface area contributed by atoms with Gasteiger partial charge in [0.2, 0.25) is 0 Å². The lowest BCUT2D eigenvalue weighted by Crippen LogP contribution is -2.35. The molecule has 0 aromatic carbocycles. The minimum absolute atomic E-state index is 0.197. The molecule has 2 N–H and O–H groups in total. The number of pyridine rings is 1. The molecule has 1 saturated heterocycles. The summed E-state index contributed by atoms with van der Waals surface area (Å²) in [5.74, 6) is 0.382. The van der Waals surface area contributed by atoms with Gasteiger partial charge in [0, 0.05) is 25.4 Å². The lowest BCUT2D eigenvalue weighted by Gasteiger charge is -2.32. The minimum atomic E-state index is -0.916. The highest BCUT2D eigenvalue weighted by atomic mass is 16.4. The Kier molecular flexibility index (Phi) is 4.60. The Balaban J connectivity index is 2.24.